The first-order valence-electron chi connectivity index (χ1n) is 29.4. The molecule has 22 heteroatoms. The van der Waals surface area contributed by atoms with Crippen LogP contribution in [-0.2, 0) is 42.0 Å². The number of hydrogen-bond donors (Lipinski definition) is 7. The summed E-state index contributed by atoms with van der Waals surface area (Å²) >= 11 is 6.44. The Bertz CT molecular complexity index is 2970. The van der Waals surface area contributed by atoms with Crippen LogP contribution in [-0.4, -0.2) is 157 Å². The molecule has 3 aromatic rings. The average molecular weight is 1150 g/mol. The average Bonchev–Trinajstić information content (AvgIpc) is 4.32. The van der Waals surface area contributed by atoms with E-state index >= 15 is 0 Å². The Morgan fingerprint density at radius 3 is 2.26 bits per heavy atom. The summed E-state index contributed by atoms with van der Waals surface area (Å²) in [5, 5.41) is 21.3. The molecule has 1 unspecified atom stereocenters. The highest BCUT2D eigenvalue weighted by molar-refractivity contribution is 7.89. The van der Waals surface area contributed by atoms with Crippen LogP contribution in [0.4, 0.5) is 5.69 Å². The third-order valence-corrected chi connectivity index (χ3v) is 20.6. The zero-order valence-corrected chi connectivity index (χ0v) is 48.1. The molecule has 7 N–H and O–H groups in total. The van der Waals surface area contributed by atoms with Crippen LogP contribution >= 0.6 is 11.6 Å². The lowest BCUT2D eigenvalue weighted by Gasteiger charge is -2.39. The molecule has 5 fully saturated rings. The van der Waals surface area contributed by atoms with Crippen molar-refractivity contribution < 1.29 is 42.0 Å². The maximum Gasteiger partial charge on any atom is 0.253 e. The zero-order valence-electron chi connectivity index (χ0n) is 46.5. The molecule has 1 saturated carbocycles. The van der Waals surface area contributed by atoms with E-state index in [1.165, 1.54) is 24.0 Å². The second-order valence-corrected chi connectivity index (χ2v) is 26.0. The molecule has 0 spiro atoms. The molecular formula is C59H78ClN11O9S. The summed E-state index contributed by atoms with van der Waals surface area (Å²) in [5.41, 5.74) is 4.26. The normalized spacial score (nSPS) is 25.0. The van der Waals surface area contributed by atoms with Gasteiger partial charge in [0.2, 0.25) is 33.7 Å². The highest BCUT2D eigenvalue weighted by Crippen LogP contribution is 2.40. The van der Waals surface area contributed by atoms with Crippen molar-refractivity contribution >= 4 is 68.7 Å². The van der Waals surface area contributed by atoms with Gasteiger partial charge < -0.3 is 47.0 Å². The highest BCUT2D eigenvalue weighted by atomic mass is 35.5. The summed E-state index contributed by atoms with van der Waals surface area (Å²) in [6, 6.07) is 9.16. The first kappa shape index (κ1) is 58.2. The quantitative estimate of drug-likeness (QED) is 0.0826. The van der Waals surface area contributed by atoms with Gasteiger partial charge >= 0.3 is 0 Å². The van der Waals surface area contributed by atoms with E-state index in [0.29, 0.717) is 43.6 Å². The van der Waals surface area contributed by atoms with Crippen molar-refractivity contribution in [3.8, 4) is 0 Å². The number of benzene rings is 2. The number of likely N-dealkylation sites (N-methyl/N-ethyl adjacent to an activating group) is 1. The minimum atomic E-state index is -3.54. The van der Waals surface area contributed by atoms with Crippen LogP contribution in [0.5, 0.6) is 0 Å². The number of aromatic nitrogens is 1. The van der Waals surface area contributed by atoms with Gasteiger partial charge in [-0.3, -0.25) is 38.5 Å². The van der Waals surface area contributed by atoms with Crippen LogP contribution in [0.15, 0.2) is 54.9 Å². The van der Waals surface area contributed by atoms with E-state index in [4.69, 9.17) is 11.6 Å². The third-order valence-electron chi connectivity index (χ3n) is 18.2. The van der Waals surface area contributed by atoms with Crippen LogP contribution in [0.2, 0.25) is 5.02 Å². The van der Waals surface area contributed by atoms with Crippen molar-refractivity contribution in [1.29, 1.82) is 0 Å². The molecule has 6 heterocycles. The Balaban J connectivity index is 0.688. The predicted octanol–water partition coefficient (Wildman–Crippen LogP) is 4.38. The van der Waals surface area contributed by atoms with Gasteiger partial charge in [0.25, 0.3) is 17.7 Å². The van der Waals surface area contributed by atoms with Gasteiger partial charge in [-0.05, 0) is 164 Å². The summed E-state index contributed by atoms with van der Waals surface area (Å²) < 4.78 is 29.7. The molecule has 2 bridgehead atoms. The Morgan fingerprint density at radius 2 is 1.52 bits per heavy atom. The number of fused-ring (bicyclic) bond motifs is 4. The smallest absolute Gasteiger partial charge is 0.253 e. The molecular weight excluding hydrogens is 1070 g/mol. The predicted molar refractivity (Wildman–Crippen MR) is 306 cm³/mol. The lowest BCUT2D eigenvalue weighted by atomic mass is 9.83. The second kappa shape index (κ2) is 25.6. The van der Waals surface area contributed by atoms with Gasteiger partial charge in [-0.1, -0.05) is 55.1 Å². The molecule has 4 saturated heterocycles. The van der Waals surface area contributed by atoms with E-state index < -0.39 is 40.1 Å². The number of likely N-dealkylation sites (tertiary alicyclic amines) is 2. The number of halogens is 1. The molecule has 2 aliphatic carbocycles. The fraction of sp³-hybridized carbons (Fsp3) is 0.593. The van der Waals surface area contributed by atoms with Gasteiger partial charge in [-0.2, -0.15) is 4.31 Å². The van der Waals surface area contributed by atoms with Crippen LogP contribution in [0.25, 0.3) is 0 Å². The first-order valence-corrected chi connectivity index (χ1v) is 31.4. The Hall–Kier alpha value is -6.00. The minimum Gasteiger partial charge on any atom is -0.352 e. The summed E-state index contributed by atoms with van der Waals surface area (Å²) in [5.74, 6) is -2.28. The van der Waals surface area contributed by atoms with Gasteiger partial charge in [0.05, 0.1) is 46.0 Å². The Morgan fingerprint density at radius 1 is 0.802 bits per heavy atom. The number of amides is 7. The van der Waals surface area contributed by atoms with Crippen molar-refractivity contribution in [2.75, 3.05) is 50.8 Å². The van der Waals surface area contributed by atoms with Gasteiger partial charge in [0.1, 0.15) is 12.1 Å². The first-order chi connectivity index (χ1) is 39.0. The maximum absolute atomic E-state index is 14.8. The molecule has 2 aromatic carbocycles. The monoisotopic (exact) mass is 1150 g/mol. The molecule has 436 valence electrons. The van der Waals surface area contributed by atoms with Crippen LogP contribution in [0.1, 0.15) is 157 Å². The van der Waals surface area contributed by atoms with E-state index in [1.807, 2.05) is 18.2 Å². The fourth-order valence-corrected chi connectivity index (χ4v) is 16.4. The molecule has 5 aliphatic heterocycles. The van der Waals surface area contributed by atoms with Crippen molar-refractivity contribution in [3.05, 3.63) is 93.3 Å². The molecule has 7 amide bonds. The zero-order chi connectivity index (χ0) is 57.0. The number of piperidine rings is 2. The van der Waals surface area contributed by atoms with E-state index in [1.54, 1.807) is 35.3 Å². The summed E-state index contributed by atoms with van der Waals surface area (Å²) in [4.78, 5) is 103. The van der Waals surface area contributed by atoms with E-state index in [9.17, 15) is 42.0 Å². The topological polar surface area (TPSA) is 260 Å². The fourth-order valence-electron chi connectivity index (χ4n) is 13.8. The van der Waals surface area contributed by atoms with E-state index in [0.717, 1.165) is 101 Å². The summed E-state index contributed by atoms with van der Waals surface area (Å²) in [6.45, 7) is 4.36. The molecule has 20 nitrogen and oxygen atoms in total. The van der Waals surface area contributed by atoms with Gasteiger partial charge in [0.15, 0.2) is 0 Å². The van der Waals surface area contributed by atoms with E-state index in [2.05, 4.69) is 53.2 Å². The van der Waals surface area contributed by atoms with Crippen molar-refractivity contribution in [2.45, 2.75) is 164 Å². The standard InChI is InChI=1S/C59H78ClN11O9S/c1-35(61-2)54(73)68-53(38-11-4-3-5-12-38)59(78)70-33-43(29-51(70)58(77)67-49-15-8-13-37-10-6-7-14-46(37)49)65-56(75)41-24-40(31-62-32-41)55(74)63-20-9-21-69-22-18-36(19-23-69)34-81(79,80)71-44-16-17-45(71)28-42(27-44)64-57(76)47-25-39-26-52(72)66-50(39)30-48(47)60/h6-7,10,14,24-25,30-32,35-36,38,42-45,49,51,53,61H,3-5,8-9,11-13,15-23,26-29,33-34H2,1-2H3,(H,63,74)(H,64,76)(H,65,75)(H,66,72)(H,67,77)(H,68,73)/t35-,42?,43-,44-,45+,49+,51-,53-/m0/s1. The van der Waals surface area contributed by atoms with Gasteiger partial charge in [-0.15, -0.1) is 0 Å². The molecule has 10 rings (SSSR count). The van der Waals surface area contributed by atoms with Gasteiger partial charge in [-0.25, -0.2) is 8.42 Å². The molecule has 8 atom stereocenters. The van der Waals surface area contributed by atoms with Crippen LogP contribution in [0, 0.1) is 11.8 Å². The maximum atomic E-state index is 14.8. The number of carbonyl (C=O) groups excluding carboxylic acids is 7. The lowest BCUT2D eigenvalue weighted by molar-refractivity contribution is -0.143. The lowest BCUT2D eigenvalue weighted by Crippen LogP contribution is -2.58. The van der Waals surface area contributed by atoms with Crippen LogP contribution in [0.3, 0.4) is 0 Å². The largest absolute Gasteiger partial charge is 0.352 e. The number of pyridine rings is 1. The number of carbonyl (C=O) groups is 7. The number of aryl methyl sites for hydroxylation is 1. The Kier molecular flexibility index (Phi) is 18.4. The molecule has 7 aliphatic rings. The molecule has 1 aromatic heterocycles. The summed E-state index contributed by atoms with van der Waals surface area (Å²) in [6.07, 6.45) is 14.9. The number of nitrogens with zero attached hydrogens (tertiary/aromatic N) is 4. The van der Waals surface area contributed by atoms with Crippen molar-refractivity contribution in [2.24, 2.45) is 11.8 Å². The minimum absolute atomic E-state index is 0.0224. The van der Waals surface area contributed by atoms with Gasteiger partial charge in [0, 0.05) is 55.3 Å². The number of nitrogens with one attached hydrogen (secondary N) is 7. The van der Waals surface area contributed by atoms with Crippen molar-refractivity contribution in [3.63, 3.8) is 0 Å². The number of hydrogen-bond acceptors (Lipinski definition) is 12. The van der Waals surface area contributed by atoms with Crippen LogP contribution < -0.4 is 37.2 Å². The third kappa shape index (κ3) is 13.6. The number of rotatable bonds is 19. The summed E-state index contributed by atoms with van der Waals surface area (Å²) in [7, 11) is -1.86. The number of anilines is 1. The second-order valence-electron chi connectivity index (χ2n) is 23.7. The SMILES string of the molecule is CN[C@@H](C)C(=O)N[C@H](C(=O)N1C[C@@H](NC(=O)c2cncc(C(=O)NCCCN3CCC(CS(=O)(=O)N4[C@@H]5CC[C@H]4CC(NC(=O)c4cc6c(cc4Cl)NC(=O)C6)C5)CC3)c2)C[C@H]1C(=O)N[C@@H]1CCCc2ccccc21)C1CCCCC1. The molecule has 81 heavy (non-hydrogen) atoms. The number of sulfonamides is 1. The Labute approximate surface area is 479 Å². The van der Waals surface area contributed by atoms with Crippen molar-refractivity contribution in [1.82, 2.24) is 51.0 Å². The molecule has 0 radical (unpaired) electrons. The highest BCUT2D eigenvalue weighted by Gasteiger charge is 2.48. The van der Waals surface area contributed by atoms with E-state index in [-0.39, 0.29) is 113 Å².